The van der Waals surface area contributed by atoms with E-state index in [1.165, 1.54) is 5.57 Å². The third kappa shape index (κ3) is 3.92. The SMILES string of the molecule is C=C(C)CCC(N)C1CCOCC1. The highest BCUT2D eigenvalue weighted by Gasteiger charge is 2.20. The van der Waals surface area contributed by atoms with Crippen LogP contribution >= 0.6 is 0 Å². The van der Waals surface area contributed by atoms with Crippen molar-refractivity contribution in [1.82, 2.24) is 0 Å². The molecule has 0 amide bonds. The lowest BCUT2D eigenvalue weighted by Gasteiger charge is -2.27. The second-order valence-corrected chi connectivity index (χ2v) is 4.11. The zero-order chi connectivity index (χ0) is 9.68. The summed E-state index contributed by atoms with van der Waals surface area (Å²) in [5.41, 5.74) is 7.34. The predicted octanol–water partition coefficient (Wildman–Crippen LogP) is 2.10. The second kappa shape index (κ2) is 5.40. The first-order chi connectivity index (χ1) is 6.20. The Morgan fingerprint density at radius 2 is 2.15 bits per heavy atom. The molecular formula is C11H21NO. The van der Waals surface area contributed by atoms with Gasteiger partial charge in [0.15, 0.2) is 0 Å². The Bertz CT molecular complexity index is 161. The number of hydrogen-bond acceptors (Lipinski definition) is 2. The Balaban J connectivity index is 2.20. The third-order valence-corrected chi connectivity index (χ3v) is 2.78. The van der Waals surface area contributed by atoms with Crippen LogP contribution < -0.4 is 5.73 Å². The molecule has 0 spiro atoms. The van der Waals surface area contributed by atoms with Crippen LogP contribution in [0.15, 0.2) is 12.2 Å². The van der Waals surface area contributed by atoms with Gasteiger partial charge in [-0.2, -0.15) is 0 Å². The van der Waals surface area contributed by atoms with Crippen LogP contribution in [0.25, 0.3) is 0 Å². The molecule has 0 saturated carbocycles. The summed E-state index contributed by atoms with van der Waals surface area (Å²) < 4.78 is 5.30. The van der Waals surface area contributed by atoms with Gasteiger partial charge < -0.3 is 10.5 Å². The Kier molecular flexibility index (Phi) is 4.46. The summed E-state index contributed by atoms with van der Waals surface area (Å²) in [6.07, 6.45) is 4.42. The van der Waals surface area contributed by atoms with Crippen molar-refractivity contribution in [3.8, 4) is 0 Å². The number of rotatable bonds is 4. The molecule has 1 fully saturated rings. The molecule has 1 heterocycles. The van der Waals surface area contributed by atoms with E-state index in [1.54, 1.807) is 0 Å². The smallest absolute Gasteiger partial charge is 0.0469 e. The van der Waals surface area contributed by atoms with Gasteiger partial charge in [0.2, 0.25) is 0 Å². The molecule has 1 saturated heterocycles. The van der Waals surface area contributed by atoms with Crippen LogP contribution in [0, 0.1) is 5.92 Å². The molecule has 0 aromatic carbocycles. The monoisotopic (exact) mass is 183 g/mol. The average molecular weight is 183 g/mol. The van der Waals surface area contributed by atoms with E-state index in [-0.39, 0.29) is 0 Å². The molecule has 13 heavy (non-hydrogen) atoms. The molecule has 1 aliphatic heterocycles. The molecule has 0 aliphatic carbocycles. The first-order valence-electron chi connectivity index (χ1n) is 5.18. The highest BCUT2D eigenvalue weighted by Crippen LogP contribution is 2.20. The maximum absolute atomic E-state index is 6.10. The summed E-state index contributed by atoms with van der Waals surface area (Å²) in [5, 5.41) is 0. The minimum Gasteiger partial charge on any atom is -0.381 e. The highest BCUT2D eigenvalue weighted by atomic mass is 16.5. The van der Waals surface area contributed by atoms with Crippen molar-refractivity contribution in [3.05, 3.63) is 12.2 Å². The van der Waals surface area contributed by atoms with Gasteiger partial charge in [0.05, 0.1) is 0 Å². The van der Waals surface area contributed by atoms with Gasteiger partial charge in [-0.25, -0.2) is 0 Å². The number of ether oxygens (including phenoxy) is 1. The largest absolute Gasteiger partial charge is 0.381 e. The van der Waals surface area contributed by atoms with Crippen LogP contribution in [-0.2, 0) is 4.74 Å². The van der Waals surface area contributed by atoms with Crippen molar-refractivity contribution in [2.45, 2.75) is 38.6 Å². The summed E-state index contributed by atoms with van der Waals surface area (Å²) in [6, 6.07) is 0.348. The molecule has 2 N–H and O–H groups in total. The Morgan fingerprint density at radius 3 is 2.69 bits per heavy atom. The molecule has 0 radical (unpaired) electrons. The molecule has 76 valence electrons. The van der Waals surface area contributed by atoms with Gasteiger partial charge in [0.1, 0.15) is 0 Å². The van der Waals surface area contributed by atoms with E-state index in [9.17, 15) is 0 Å². The van der Waals surface area contributed by atoms with Crippen molar-refractivity contribution < 1.29 is 4.74 Å². The van der Waals surface area contributed by atoms with Crippen LogP contribution in [0.5, 0.6) is 0 Å². The van der Waals surface area contributed by atoms with E-state index in [0.29, 0.717) is 12.0 Å². The second-order valence-electron chi connectivity index (χ2n) is 4.11. The van der Waals surface area contributed by atoms with Gasteiger partial charge in [-0.15, -0.1) is 6.58 Å². The molecule has 1 atom stereocenters. The fraction of sp³-hybridized carbons (Fsp3) is 0.818. The van der Waals surface area contributed by atoms with Gasteiger partial charge in [-0.3, -0.25) is 0 Å². The van der Waals surface area contributed by atoms with Crippen LogP contribution in [0.4, 0.5) is 0 Å². The summed E-state index contributed by atoms with van der Waals surface area (Å²) >= 11 is 0. The summed E-state index contributed by atoms with van der Waals surface area (Å²) in [5.74, 6) is 0.674. The molecule has 1 aliphatic rings. The molecule has 0 bridgehead atoms. The van der Waals surface area contributed by atoms with Gasteiger partial charge in [-0.05, 0) is 38.5 Å². The van der Waals surface area contributed by atoms with Gasteiger partial charge >= 0.3 is 0 Å². The van der Waals surface area contributed by atoms with Crippen LogP contribution in [0.1, 0.15) is 32.6 Å². The topological polar surface area (TPSA) is 35.2 Å². The molecule has 1 unspecified atom stereocenters. The molecular weight excluding hydrogens is 162 g/mol. The average Bonchev–Trinajstić information content (AvgIpc) is 2.15. The predicted molar refractivity (Wildman–Crippen MR) is 55.6 cm³/mol. The standard InChI is InChI=1S/C11H21NO/c1-9(2)3-4-11(12)10-5-7-13-8-6-10/h10-11H,1,3-8,12H2,2H3. The van der Waals surface area contributed by atoms with Gasteiger partial charge in [-0.1, -0.05) is 5.57 Å². The van der Waals surface area contributed by atoms with E-state index in [2.05, 4.69) is 13.5 Å². The molecule has 2 heteroatoms. The highest BCUT2D eigenvalue weighted by molar-refractivity contribution is 4.90. The molecule has 0 aromatic heterocycles. The molecule has 0 aromatic rings. The Hall–Kier alpha value is -0.340. The van der Waals surface area contributed by atoms with Crippen molar-refractivity contribution in [2.24, 2.45) is 11.7 Å². The zero-order valence-corrected chi connectivity index (χ0v) is 8.59. The zero-order valence-electron chi connectivity index (χ0n) is 8.59. The Labute approximate surface area is 81.1 Å². The fourth-order valence-corrected chi connectivity index (χ4v) is 1.79. The normalized spacial score (nSPS) is 21.4. The van der Waals surface area contributed by atoms with Crippen molar-refractivity contribution >= 4 is 0 Å². The third-order valence-electron chi connectivity index (χ3n) is 2.78. The summed E-state index contributed by atoms with van der Waals surface area (Å²) in [4.78, 5) is 0. The van der Waals surface area contributed by atoms with Gasteiger partial charge in [0.25, 0.3) is 0 Å². The lowest BCUT2D eigenvalue weighted by Crippen LogP contribution is -2.34. The lowest BCUT2D eigenvalue weighted by molar-refractivity contribution is 0.0576. The first-order valence-corrected chi connectivity index (χ1v) is 5.18. The van der Waals surface area contributed by atoms with Crippen molar-refractivity contribution in [3.63, 3.8) is 0 Å². The number of allylic oxidation sites excluding steroid dienone is 1. The van der Waals surface area contributed by atoms with E-state index in [0.717, 1.165) is 38.9 Å². The van der Waals surface area contributed by atoms with E-state index in [1.807, 2.05) is 0 Å². The van der Waals surface area contributed by atoms with E-state index >= 15 is 0 Å². The van der Waals surface area contributed by atoms with Crippen LogP contribution in [-0.4, -0.2) is 19.3 Å². The van der Waals surface area contributed by atoms with Crippen LogP contribution in [0.3, 0.4) is 0 Å². The maximum Gasteiger partial charge on any atom is 0.0469 e. The molecule has 1 rings (SSSR count). The summed E-state index contributed by atoms with van der Waals surface area (Å²) in [7, 11) is 0. The lowest BCUT2D eigenvalue weighted by atomic mass is 9.89. The quantitative estimate of drug-likeness (QED) is 0.677. The maximum atomic E-state index is 6.10. The van der Waals surface area contributed by atoms with Gasteiger partial charge in [0, 0.05) is 19.3 Å². The fourth-order valence-electron chi connectivity index (χ4n) is 1.79. The summed E-state index contributed by atoms with van der Waals surface area (Å²) in [6.45, 7) is 7.75. The number of hydrogen-bond donors (Lipinski definition) is 1. The van der Waals surface area contributed by atoms with Crippen molar-refractivity contribution in [1.29, 1.82) is 0 Å². The molecule has 2 nitrogen and oxygen atoms in total. The Morgan fingerprint density at radius 1 is 1.54 bits per heavy atom. The minimum atomic E-state index is 0.348. The van der Waals surface area contributed by atoms with E-state index in [4.69, 9.17) is 10.5 Å². The first kappa shape index (κ1) is 10.7. The van der Waals surface area contributed by atoms with Crippen LogP contribution in [0.2, 0.25) is 0 Å². The van der Waals surface area contributed by atoms with Crippen molar-refractivity contribution in [2.75, 3.05) is 13.2 Å². The number of nitrogens with two attached hydrogens (primary N) is 1. The minimum absolute atomic E-state index is 0.348. The van der Waals surface area contributed by atoms with E-state index < -0.39 is 0 Å².